The highest BCUT2D eigenvalue weighted by Crippen LogP contribution is 2.32. The lowest BCUT2D eigenvalue weighted by atomic mass is 10.0. The smallest absolute Gasteiger partial charge is 0.252 e. The second-order valence-corrected chi connectivity index (χ2v) is 6.71. The Bertz CT molecular complexity index is 951. The Morgan fingerprint density at radius 3 is 2.88 bits per heavy atom. The van der Waals surface area contributed by atoms with E-state index in [1.807, 2.05) is 28.8 Å². The van der Waals surface area contributed by atoms with Crippen LogP contribution in [0.5, 0.6) is 11.5 Å². The number of hydrogen-bond donors (Lipinski definition) is 1. The lowest BCUT2D eigenvalue weighted by molar-refractivity contribution is 0.0929. The molecule has 1 aromatic carbocycles. The maximum atomic E-state index is 12.8. The number of hydrogen-bond acceptors (Lipinski definition) is 5. The fraction of sp³-hybridized carbons (Fsp3) is 0.316. The van der Waals surface area contributed by atoms with Gasteiger partial charge in [0.2, 0.25) is 6.79 Å². The summed E-state index contributed by atoms with van der Waals surface area (Å²) in [7, 11) is 0. The van der Waals surface area contributed by atoms with E-state index in [1.54, 1.807) is 18.2 Å². The van der Waals surface area contributed by atoms with Gasteiger partial charge >= 0.3 is 0 Å². The van der Waals surface area contributed by atoms with Crippen LogP contribution < -0.4 is 14.8 Å². The summed E-state index contributed by atoms with van der Waals surface area (Å²) in [4.78, 5) is 12.8. The average molecular weight is 352 g/mol. The number of pyridine rings is 1. The molecule has 1 aliphatic heterocycles. The molecule has 0 bridgehead atoms. The molecule has 7 heteroatoms. The molecule has 0 saturated heterocycles. The van der Waals surface area contributed by atoms with Gasteiger partial charge in [0.05, 0.1) is 6.04 Å². The third-order valence-corrected chi connectivity index (χ3v) is 4.30. The van der Waals surface area contributed by atoms with E-state index in [0.717, 1.165) is 17.9 Å². The zero-order valence-electron chi connectivity index (χ0n) is 14.7. The predicted octanol–water partition coefficient (Wildman–Crippen LogP) is 2.98. The summed E-state index contributed by atoms with van der Waals surface area (Å²) >= 11 is 0. The third-order valence-electron chi connectivity index (χ3n) is 4.30. The van der Waals surface area contributed by atoms with E-state index in [4.69, 9.17) is 9.47 Å². The first-order chi connectivity index (χ1) is 12.6. The predicted molar refractivity (Wildman–Crippen MR) is 95.2 cm³/mol. The Morgan fingerprint density at radius 1 is 1.19 bits per heavy atom. The van der Waals surface area contributed by atoms with Crippen molar-refractivity contribution in [3.05, 3.63) is 54.0 Å². The van der Waals surface area contributed by atoms with Gasteiger partial charge in [0.25, 0.3) is 5.91 Å². The van der Waals surface area contributed by atoms with Crippen LogP contribution in [-0.2, 0) is 0 Å². The molecule has 4 rings (SSSR count). The molecule has 7 nitrogen and oxygen atoms in total. The zero-order valence-corrected chi connectivity index (χ0v) is 14.7. The second-order valence-electron chi connectivity index (χ2n) is 6.71. The Morgan fingerprint density at radius 2 is 2.04 bits per heavy atom. The number of carbonyl (C=O) groups is 1. The monoisotopic (exact) mass is 352 g/mol. The van der Waals surface area contributed by atoms with Crippen LogP contribution in [0.25, 0.3) is 5.65 Å². The maximum Gasteiger partial charge on any atom is 0.252 e. The number of benzene rings is 1. The quantitative estimate of drug-likeness (QED) is 0.764. The van der Waals surface area contributed by atoms with Crippen LogP contribution in [0.2, 0.25) is 0 Å². The number of nitrogens with one attached hydrogen (secondary N) is 1. The molecule has 0 fully saturated rings. The first-order valence-electron chi connectivity index (χ1n) is 8.62. The van der Waals surface area contributed by atoms with Gasteiger partial charge in [-0.1, -0.05) is 19.9 Å². The topological polar surface area (TPSA) is 77.8 Å². The van der Waals surface area contributed by atoms with Gasteiger partial charge in [0.15, 0.2) is 23.0 Å². The Labute approximate surface area is 151 Å². The van der Waals surface area contributed by atoms with E-state index < -0.39 is 0 Å². The number of aromatic nitrogens is 3. The summed E-state index contributed by atoms with van der Waals surface area (Å²) in [6.45, 7) is 4.41. The van der Waals surface area contributed by atoms with Gasteiger partial charge < -0.3 is 14.8 Å². The number of amides is 1. The summed E-state index contributed by atoms with van der Waals surface area (Å²) in [5.41, 5.74) is 1.28. The largest absolute Gasteiger partial charge is 0.454 e. The van der Waals surface area contributed by atoms with E-state index in [2.05, 4.69) is 29.4 Å². The number of rotatable bonds is 5. The summed E-state index contributed by atoms with van der Waals surface area (Å²) in [6, 6.07) is 10.7. The first kappa shape index (κ1) is 16.4. The molecule has 1 atom stereocenters. The highest BCUT2D eigenvalue weighted by molar-refractivity contribution is 5.95. The molecule has 26 heavy (non-hydrogen) atoms. The Kier molecular flexibility index (Phi) is 4.20. The second kappa shape index (κ2) is 6.67. The Hall–Kier alpha value is -3.09. The van der Waals surface area contributed by atoms with Crippen LogP contribution in [0.4, 0.5) is 0 Å². The molecular formula is C19H20N4O3. The van der Waals surface area contributed by atoms with E-state index in [0.29, 0.717) is 23.0 Å². The molecule has 0 aliphatic carbocycles. The molecule has 0 radical (unpaired) electrons. The Balaban J connectivity index is 1.62. The molecule has 0 saturated carbocycles. The van der Waals surface area contributed by atoms with Crippen LogP contribution in [-0.4, -0.2) is 27.3 Å². The van der Waals surface area contributed by atoms with Crippen LogP contribution in [0.1, 0.15) is 42.5 Å². The van der Waals surface area contributed by atoms with Crippen molar-refractivity contribution >= 4 is 11.6 Å². The van der Waals surface area contributed by atoms with Gasteiger partial charge in [0, 0.05) is 11.8 Å². The number of carbonyl (C=O) groups excluding carboxylic acids is 1. The van der Waals surface area contributed by atoms with Crippen molar-refractivity contribution in [2.75, 3.05) is 6.79 Å². The van der Waals surface area contributed by atoms with Gasteiger partial charge in [-0.05, 0) is 42.7 Å². The molecule has 3 aromatic rings. The van der Waals surface area contributed by atoms with Crippen molar-refractivity contribution in [3.63, 3.8) is 0 Å². The summed E-state index contributed by atoms with van der Waals surface area (Å²) < 4.78 is 12.6. The molecular weight excluding hydrogens is 332 g/mol. The third kappa shape index (κ3) is 3.08. The van der Waals surface area contributed by atoms with E-state index in [-0.39, 0.29) is 18.7 Å². The van der Waals surface area contributed by atoms with Crippen molar-refractivity contribution in [1.82, 2.24) is 19.9 Å². The fourth-order valence-corrected chi connectivity index (χ4v) is 3.08. The van der Waals surface area contributed by atoms with Gasteiger partial charge in [-0.3, -0.25) is 9.20 Å². The van der Waals surface area contributed by atoms with Crippen LogP contribution >= 0.6 is 0 Å². The van der Waals surface area contributed by atoms with Crippen molar-refractivity contribution in [3.8, 4) is 11.5 Å². The molecule has 0 unspecified atom stereocenters. The molecule has 1 aliphatic rings. The number of ether oxygens (including phenoxy) is 2. The first-order valence-corrected chi connectivity index (χ1v) is 8.62. The highest BCUT2D eigenvalue weighted by atomic mass is 16.7. The number of fused-ring (bicyclic) bond motifs is 2. The van der Waals surface area contributed by atoms with Crippen molar-refractivity contribution in [2.24, 2.45) is 5.92 Å². The van der Waals surface area contributed by atoms with E-state index >= 15 is 0 Å². The van der Waals surface area contributed by atoms with E-state index in [9.17, 15) is 4.79 Å². The molecule has 1 N–H and O–H groups in total. The van der Waals surface area contributed by atoms with Crippen molar-refractivity contribution < 1.29 is 14.3 Å². The molecule has 134 valence electrons. The molecule has 1 amide bonds. The van der Waals surface area contributed by atoms with Crippen molar-refractivity contribution in [1.29, 1.82) is 0 Å². The molecule has 3 heterocycles. The van der Waals surface area contributed by atoms with E-state index in [1.165, 1.54) is 0 Å². The minimum Gasteiger partial charge on any atom is -0.454 e. The lowest BCUT2D eigenvalue weighted by Gasteiger charge is -2.19. The van der Waals surface area contributed by atoms with Crippen LogP contribution in [0.3, 0.4) is 0 Å². The SMILES string of the molecule is CC(C)C[C@@H](NC(=O)c1ccc2c(c1)OCO2)c1nnc2ccccn12. The number of nitrogens with zero attached hydrogens (tertiary/aromatic N) is 3. The fourth-order valence-electron chi connectivity index (χ4n) is 3.08. The van der Waals surface area contributed by atoms with Gasteiger partial charge in [-0.2, -0.15) is 0 Å². The summed E-state index contributed by atoms with van der Waals surface area (Å²) in [5, 5.41) is 11.6. The highest BCUT2D eigenvalue weighted by Gasteiger charge is 2.23. The summed E-state index contributed by atoms with van der Waals surface area (Å²) in [5.74, 6) is 2.17. The van der Waals surface area contributed by atoms with Gasteiger partial charge in [-0.25, -0.2) is 0 Å². The standard InChI is InChI=1S/C19H20N4O3/c1-12(2)9-14(18-22-21-17-5-3-4-8-23(17)18)20-19(24)13-6-7-15-16(10-13)26-11-25-15/h3-8,10,12,14H,9,11H2,1-2H3,(H,20,24)/t14-/m1/s1. The lowest BCUT2D eigenvalue weighted by Crippen LogP contribution is -2.30. The van der Waals surface area contributed by atoms with Crippen LogP contribution in [0.15, 0.2) is 42.6 Å². The minimum atomic E-state index is -0.245. The van der Waals surface area contributed by atoms with Gasteiger partial charge in [0.1, 0.15) is 0 Å². The summed E-state index contributed by atoms with van der Waals surface area (Å²) in [6.07, 6.45) is 2.66. The minimum absolute atomic E-state index is 0.179. The van der Waals surface area contributed by atoms with Crippen LogP contribution in [0, 0.1) is 5.92 Å². The normalized spacial score (nSPS) is 14.0. The maximum absolute atomic E-state index is 12.8. The van der Waals surface area contributed by atoms with Gasteiger partial charge in [-0.15, -0.1) is 10.2 Å². The molecule has 0 spiro atoms. The zero-order chi connectivity index (χ0) is 18.1. The van der Waals surface area contributed by atoms with Crippen molar-refractivity contribution in [2.45, 2.75) is 26.3 Å². The average Bonchev–Trinajstić information content (AvgIpc) is 3.26. The molecule has 2 aromatic heterocycles.